The molecular formula is C26H32N2O5. The smallest absolute Gasteiger partial charge is 0.295 e. The number of ketones is 1. The Balaban J connectivity index is 2.03. The van der Waals surface area contributed by atoms with Gasteiger partial charge in [0.05, 0.1) is 24.8 Å². The van der Waals surface area contributed by atoms with E-state index in [9.17, 15) is 14.7 Å². The molecular weight excluding hydrogens is 420 g/mol. The van der Waals surface area contributed by atoms with Crippen molar-refractivity contribution < 1.29 is 24.2 Å². The highest BCUT2D eigenvalue weighted by Crippen LogP contribution is 2.40. The summed E-state index contributed by atoms with van der Waals surface area (Å²) in [5.41, 5.74) is 1.30. The Kier molecular flexibility index (Phi) is 8.11. The van der Waals surface area contributed by atoms with Crippen LogP contribution >= 0.6 is 0 Å². The Bertz CT molecular complexity index is 996. The van der Waals surface area contributed by atoms with Crippen LogP contribution in [0.15, 0.2) is 54.1 Å². The number of carbonyl (C=O) groups excluding carboxylic acids is 2. The molecule has 1 fully saturated rings. The highest BCUT2D eigenvalue weighted by molar-refractivity contribution is 6.46. The lowest BCUT2D eigenvalue weighted by Crippen LogP contribution is -2.32. The number of nitrogens with zero attached hydrogens (tertiary/aromatic N) is 2. The van der Waals surface area contributed by atoms with Crippen LogP contribution in [0.2, 0.25) is 0 Å². The number of Topliss-reactive ketones (excluding diaryl/α,β-unsaturated/α-hetero) is 1. The fourth-order valence-corrected chi connectivity index (χ4v) is 3.96. The molecule has 1 N–H and O–H groups in total. The van der Waals surface area contributed by atoms with Crippen molar-refractivity contribution in [2.45, 2.75) is 26.3 Å². The van der Waals surface area contributed by atoms with Gasteiger partial charge in [0.2, 0.25) is 0 Å². The normalized spacial score (nSPS) is 17.6. The van der Waals surface area contributed by atoms with Crippen molar-refractivity contribution in [3.05, 3.63) is 65.2 Å². The Hall–Kier alpha value is -3.32. The van der Waals surface area contributed by atoms with Gasteiger partial charge in [0.1, 0.15) is 17.3 Å². The van der Waals surface area contributed by atoms with Gasteiger partial charge in [0, 0.05) is 12.1 Å². The Morgan fingerprint density at radius 3 is 2.00 bits per heavy atom. The van der Waals surface area contributed by atoms with E-state index >= 15 is 0 Å². The van der Waals surface area contributed by atoms with E-state index in [2.05, 4.69) is 0 Å². The number of hydrogen-bond acceptors (Lipinski definition) is 6. The van der Waals surface area contributed by atoms with Crippen molar-refractivity contribution in [3.63, 3.8) is 0 Å². The molecule has 0 bridgehead atoms. The molecule has 0 aromatic heterocycles. The molecule has 1 aliphatic rings. The second-order valence-electron chi connectivity index (χ2n) is 8.11. The van der Waals surface area contributed by atoms with Gasteiger partial charge in [-0.1, -0.05) is 12.1 Å². The minimum Gasteiger partial charge on any atom is -0.507 e. The van der Waals surface area contributed by atoms with E-state index < -0.39 is 17.7 Å². The summed E-state index contributed by atoms with van der Waals surface area (Å²) in [5, 5.41) is 11.1. The fraction of sp³-hybridized carbons (Fsp3) is 0.385. The van der Waals surface area contributed by atoms with Gasteiger partial charge in [-0.15, -0.1) is 0 Å². The lowest BCUT2D eigenvalue weighted by atomic mass is 9.95. The molecule has 1 atom stereocenters. The van der Waals surface area contributed by atoms with Crippen molar-refractivity contribution in [3.8, 4) is 11.5 Å². The zero-order valence-corrected chi connectivity index (χ0v) is 19.7. The van der Waals surface area contributed by atoms with E-state index in [1.807, 2.05) is 57.1 Å². The number of hydrogen-bond donors (Lipinski definition) is 1. The van der Waals surface area contributed by atoms with E-state index in [0.717, 1.165) is 12.1 Å². The number of carbonyl (C=O) groups is 2. The third kappa shape index (κ3) is 5.54. The van der Waals surface area contributed by atoms with Gasteiger partial charge in [0.15, 0.2) is 0 Å². The van der Waals surface area contributed by atoms with E-state index in [1.165, 1.54) is 0 Å². The average Bonchev–Trinajstić information content (AvgIpc) is 3.05. The maximum absolute atomic E-state index is 13.1. The van der Waals surface area contributed by atoms with Crippen LogP contribution in [0.4, 0.5) is 0 Å². The van der Waals surface area contributed by atoms with Crippen LogP contribution in [0.1, 0.15) is 37.4 Å². The molecule has 7 nitrogen and oxygen atoms in total. The molecule has 1 unspecified atom stereocenters. The van der Waals surface area contributed by atoms with Crippen molar-refractivity contribution >= 4 is 17.4 Å². The summed E-state index contributed by atoms with van der Waals surface area (Å²) in [5.74, 6) is -0.0887. The minimum absolute atomic E-state index is 0.0955. The number of aliphatic hydroxyl groups is 1. The predicted octanol–water partition coefficient (Wildman–Crippen LogP) is 3.86. The molecule has 0 saturated carbocycles. The van der Waals surface area contributed by atoms with Crippen molar-refractivity contribution in [2.24, 2.45) is 0 Å². The van der Waals surface area contributed by atoms with E-state index in [4.69, 9.17) is 9.47 Å². The van der Waals surface area contributed by atoms with Crippen molar-refractivity contribution in [2.75, 3.05) is 40.4 Å². The molecule has 2 aromatic rings. The Morgan fingerprint density at radius 2 is 1.48 bits per heavy atom. The maximum Gasteiger partial charge on any atom is 0.295 e. The molecule has 0 spiro atoms. The molecule has 2 aromatic carbocycles. The first-order chi connectivity index (χ1) is 15.9. The number of amides is 1. The second kappa shape index (κ2) is 11.0. The molecule has 0 aliphatic carbocycles. The third-order valence-corrected chi connectivity index (χ3v) is 5.49. The molecule has 7 heteroatoms. The van der Waals surface area contributed by atoms with Gasteiger partial charge < -0.3 is 24.4 Å². The van der Waals surface area contributed by atoms with E-state index in [0.29, 0.717) is 43.2 Å². The molecule has 1 aliphatic heterocycles. The second-order valence-corrected chi connectivity index (χ2v) is 8.11. The minimum atomic E-state index is -0.676. The summed E-state index contributed by atoms with van der Waals surface area (Å²) in [4.78, 5) is 29.7. The first-order valence-electron chi connectivity index (χ1n) is 11.3. The van der Waals surface area contributed by atoms with Crippen LogP contribution in [0, 0.1) is 0 Å². The summed E-state index contributed by atoms with van der Waals surface area (Å²) in [6.07, 6.45) is 0.705. The molecule has 3 rings (SSSR count). The van der Waals surface area contributed by atoms with Crippen LogP contribution in [0.3, 0.4) is 0 Å². The van der Waals surface area contributed by atoms with Gasteiger partial charge in [-0.2, -0.15) is 0 Å². The first kappa shape index (κ1) is 24.3. The zero-order valence-electron chi connectivity index (χ0n) is 19.7. The van der Waals surface area contributed by atoms with Crippen LogP contribution in [0.5, 0.6) is 11.5 Å². The van der Waals surface area contributed by atoms with Gasteiger partial charge in [0.25, 0.3) is 11.7 Å². The standard InChI is InChI=1S/C26H32N2O5/c1-5-32-20-12-8-18(9-13-20)23-22(24(29)19-10-14-21(15-11-19)33-6-2)25(30)26(31)28(23)17-7-16-27(3)4/h8-15,23,29H,5-7,16-17H2,1-4H3/b24-22+. The quantitative estimate of drug-likeness (QED) is 0.335. The topological polar surface area (TPSA) is 79.3 Å². The molecule has 0 radical (unpaired) electrons. The Morgan fingerprint density at radius 1 is 0.939 bits per heavy atom. The molecule has 1 heterocycles. The monoisotopic (exact) mass is 452 g/mol. The number of rotatable bonds is 10. The summed E-state index contributed by atoms with van der Waals surface area (Å²) in [6, 6.07) is 13.5. The van der Waals surface area contributed by atoms with Crippen LogP contribution in [0.25, 0.3) is 5.76 Å². The maximum atomic E-state index is 13.1. The summed E-state index contributed by atoms with van der Waals surface area (Å²) < 4.78 is 11.0. The summed E-state index contributed by atoms with van der Waals surface area (Å²) in [6.45, 7) is 6.05. The van der Waals surface area contributed by atoms with Crippen LogP contribution in [-0.2, 0) is 9.59 Å². The largest absolute Gasteiger partial charge is 0.507 e. The van der Waals surface area contributed by atoms with E-state index in [-0.39, 0.29) is 11.3 Å². The van der Waals surface area contributed by atoms with Crippen LogP contribution < -0.4 is 9.47 Å². The van der Waals surface area contributed by atoms with Gasteiger partial charge in [-0.05, 0) is 82.9 Å². The highest BCUT2D eigenvalue weighted by atomic mass is 16.5. The van der Waals surface area contributed by atoms with Crippen molar-refractivity contribution in [1.29, 1.82) is 0 Å². The molecule has 1 saturated heterocycles. The number of ether oxygens (including phenoxy) is 2. The van der Waals surface area contributed by atoms with Gasteiger partial charge >= 0.3 is 0 Å². The van der Waals surface area contributed by atoms with Gasteiger partial charge in [-0.25, -0.2) is 0 Å². The summed E-state index contributed by atoms with van der Waals surface area (Å²) >= 11 is 0. The number of likely N-dealkylation sites (tertiary alicyclic amines) is 1. The molecule has 33 heavy (non-hydrogen) atoms. The lowest BCUT2D eigenvalue weighted by molar-refractivity contribution is -0.139. The fourth-order valence-electron chi connectivity index (χ4n) is 3.96. The summed E-state index contributed by atoms with van der Waals surface area (Å²) in [7, 11) is 3.92. The average molecular weight is 453 g/mol. The number of aliphatic hydroxyl groups excluding tert-OH is 1. The number of benzene rings is 2. The van der Waals surface area contributed by atoms with Crippen LogP contribution in [-0.4, -0.2) is 67.0 Å². The SMILES string of the molecule is CCOc1ccc(/C(O)=C2\C(=O)C(=O)N(CCCN(C)C)C2c2ccc(OCC)cc2)cc1. The predicted molar refractivity (Wildman–Crippen MR) is 127 cm³/mol. The zero-order chi connectivity index (χ0) is 24.0. The third-order valence-electron chi connectivity index (χ3n) is 5.49. The van der Waals surface area contributed by atoms with E-state index in [1.54, 1.807) is 29.2 Å². The van der Waals surface area contributed by atoms with Crippen molar-refractivity contribution in [1.82, 2.24) is 9.80 Å². The molecule has 1 amide bonds. The molecule has 176 valence electrons. The lowest BCUT2D eigenvalue weighted by Gasteiger charge is -2.26. The highest BCUT2D eigenvalue weighted by Gasteiger charge is 2.45. The first-order valence-corrected chi connectivity index (χ1v) is 11.3. The Labute approximate surface area is 195 Å². The van der Waals surface area contributed by atoms with Gasteiger partial charge in [-0.3, -0.25) is 9.59 Å².